The van der Waals surface area contributed by atoms with Crippen molar-refractivity contribution in [3.05, 3.63) is 83.7 Å². The largest absolute Gasteiger partial charge is 0.486 e. The molecule has 0 fully saturated rings. The van der Waals surface area contributed by atoms with E-state index in [2.05, 4.69) is 4.72 Å². The summed E-state index contributed by atoms with van der Waals surface area (Å²) in [5.41, 5.74) is 0.673. The fraction of sp³-hybridized carbons (Fsp3) is 0.208. The van der Waals surface area contributed by atoms with Gasteiger partial charge in [0.05, 0.1) is 17.1 Å². The quantitative estimate of drug-likeness (QED) is 0.592. The number of hydrogen-bond acceptors (Lipinski definition) is 5. The zero-order valence-electron chi connectivity index (χ0n) is 18.1. The lowest BCUT2D eigenvalue weighted by Crippen LogP contribution is -2.42. The molecule has 4 rings (SSSR count). The summed E-state index contributed by atoms with van der Waals surface area (Å²) in [7, 11) is -2.48. The first-order chi connectivity index (χ1) is 15.7. The number of anilines is 1. The first-order valence-corrected chi connectivity index (χ1v) is 11.7. The molecule has 0 radical (unpaired) electrons. The lowest BCUT2D eigenvalue weighted by molar-refractivity contribution is 0.0520. The first-order valence-electron chi connectivity index (χ1n) is 10.3. The van der Waals surface area contributed by atoms with Crippen molar-refractivity contribution in [1.82, 2.24) is 4.90 Å². The zero-order chi connectivity index (χ0) is 23.6. The van der Waals surface area contributed by atoms with Gasteiger partial charge in [-0.05, 0) is 48.9 Å². The number of nitrogens with one attached hydrogen (secondary N) is 1. The Morgan fingerprint density at radius 2 is 1.79 bits per heavy atom. The molecule has 7 nitrogen and oxygen atoms in total. The smallest absolute Gasteiger partial charge is 0.262 e. The molecule has 172 valence electrons. The van der Waals surface area contributed by atoms with Crippen LogP contribution in [0.1, 0.15) is 15.9 Å². The second-order valence-electron chi connectivity index (χ2n) is 7.75. The van der Waals surface area contributed by atoms with E-state index in [0.717, 1.165) is 6.07 Å². The highest BCUT2D eigenvalue weighted by Crippen LogP contribution is 2.31. The van der Waals surface area contributed by atoms with Gasteiger partial charge in [0.15, 0.2) is 17.6 Å². The minimum Gasteiger partial charge on any atom is -0.486 e. The third-order valence-electron chi connectivity index (χ3n) is 5.26. The van der Waals surface area contributed by atoms with Crippen molar-refractivity contribution in [2.45, 2.75) is 17.9 Å². The van der Waals surface area contributed by atoms with E-state index in [-0.39, 0.29) is 41.3 Å². The van der Waals surface area contributed by atoms with E-state index in [1.165, 1.54) is 35.2 Å². The summed E-state index contributed by atoms with van der Waals surface area (Å²) < 4.78 is 53.4. The van der Waals surface area contributed by atoms with Crippen LogP contribution in [0, 0.1) is 12.7 Å². The molecule has 1 aliphatic heterocycles. The minimum atomic E-state index is -4.10. The summed E-state index contributed by atoms with van der Waals surface area (Å²) in [4.78, 5) is 14.5. The Morgan fingerprint density at radius 3 is 2.55 bits per heavy atom. The minimum absolute atomic E-state index is 0.140. The van der Waals surface area contributed by atoms with Gasteiger partial charge in [-0.3, -0.25) is 9.52 Å². The Kier molecular flexibility index (Phi) is 6.24. The molecular formula is C24H23FN2O5S. The van der Waals surface area contributed by atoms with Crippen LogP contribution in [-0.4, -0.2) is 45.5 Å². The lowest BCUT2D eigenvalue weighted by Gasteiger charge is -2.29. The number of ether oxygens (including phenoxy) is 2. The Hall–Kier alpha value is -3.59. The molecule has 0 aliphatic carbocycles. The van der Waals surface area contributed by atoms with Crippen molar-refractivity contribution < 1.29 is 27.1 Å². The number of carbonyl (C=O) groups is 1. The van der Waals surface area contributed by atoms with Crippen LogP contribution in [0.4, 0.5) is 10.1 Å². The van der Waals surface area contributed by atoms with E-state index in [1.807, 2.05) is 18.2 Å². The van der Waals surface area contributed by atoms with Gasteiger partial charge < -0.3 is 14.4 Å². The Labute approximate surface area is 191 Å². The van der Waals surface area contributed by atoms with E-state index in [9.17, 15) is 17.6 Å². The molecule has 1 unspecified atom stereocenters. The number of hydrogen-bond donors (Lipinski definition) is 1. The van der Waals surface area contributed by atoms with Gasteiger partial charge in [0.1, 0.15) is 12.4 Å². The van der Waals surface area contributed by atoms with E-state index >= 15 is 0 Å². The number of nitrogens with zero attached hydrogens (tertiary/aromatic N) is 1. The van der Waals surface area contributed by atoms with Crippen LogP contribution in [0.2, 0.25) is 0 Å². The molecule has 33 heavy (non-hydrogen) atoms. The van der Waals surface area contributed by atoms with Gasteiger partial charge in [-0.15, -0.1) is 0 Å². The molecule has 1 amide bonds. The number of aryl methyl sites for hydroxylation is 1. The predicted molar refractivity (Wildman–Crippen MR) is 122 cm³/mol. The molecule has 1 aliphatic rings. The molecule has 0 saturated heterocycles. The molecule has 0 saturated carbocycles. The van der Waals surface area contributed by atoms with E-state index in [4.69, 9.17) is 9.47 Å². The van der Waals surface area contributed by atoms with Crippen molar-refractivity contribution in [3.8, 4) is 11.5 Å². The molecule has 0 aromatic heterocycles. The van der Waals surface area contributed by atoms with Crippen LogP contribution in [0.25, 0.3) is 0 Å². The van der Waals surface area contributed by atoms with Gasteiger partial charge in [0, 0.05) is 12.6 Å². The highest BCUT2D eigenvalue weighted by Gasteiger charge is 2.26. The second kappa shape index (κ2) is 9.11. The standard InChI is InChI=1S/C24H23FN2O5S/c1-16-11-12-18(33(29,30)26-21-8-4-3-7-20(21)25)13-19(16)24(28)27(2)14-17-15-31-22-9-5-6-10-23(22)32-17/h3-13,17,26H,14-15H2,1-2H3. The number of sulfonamides is 1. The lowest BCUT2D eigenvalue weighted by atomic mass is 10.1. The molecule has 0 bridgehead atoms. The predicted octanol–water partition coefficient (Wildman–Crippen LogP) is 3.85. The number of likely N-dealkylation sites (N-methyl/N-ethyl adjacent to an activating group) is 1. The van der Waals surface area contributed by atoms with Crippen molar-refractivity contribution in [2.24, 2.45) is 0 Å². The topological polar surface area (TPSA) is 84.9 Å². The van der Waals surface area contributed by atoms with Gasteiger partial charge in [-0.25, -0.2) is 12.8 Å². The number of carbonyl (C=O) groups excluding carboxylic acids is 1. The van der Waals surface area contributed by atoms with Gasteiger partial charge in [0.2, 0.25) is 0 Å². The Bertz CT molecular complexity index is 1300. The number of amides is 1. The summed E-state index contributed by atoms with van der Waals surface area (Å²) >= 11 is 0. The summed E-state index contributed by atoms with van der Waals surface area (Å²) in [5.74, 6) is 0.204. The molecule has 9 heteroatoms. The number of halogens is 1. The van der Waals surface area contributed by atoms with Crippen LogP contribution in [0.3, 0.4) is 0 Å². The highest BCUT2D eigenvalue weighted by molar-refractivity contribution is 7.92. The van der Waals surface area contributed by atoms with Crippen molar-refractivity contribution in [1.29, 1.82) is 0 Å². The summed E-state index contributed by atoms with van der Waals surface area (Å²) in [6, 6.07) is 17.0. The number of benzene rings is 3. The Balaban J connectivity index is 1.51. The van der Waals surface area contributed by atoms with Crippen LogP contribution < -0.4 is 14.2 Å². The molecular weight excluding hydrogens is 447 g/mol. The van der Waals surface area contributed by atoms with Gasteiger partial charge >= 0.3 is 0 Å². The van der Waals surface area contributed by atoms with Crippen LogP contribution in [-0.2, 0) is 10.0 Å². The third kappa shape index (κ3) is 4.93. The monoisotopic (exact) mass is 470 g/mol. The average molecular weight is 471 g/mol. The van der Waals surface area contributed by atoms with E-state index < -0.39 is 15.8 Å². The zero-order valence-corrected chi connectivity index (χ0v) is 18.9. The van der Waals surface area contributed by atoms with E-state index in [1.54, 1.807) is 26.1 Å². The fourth-order valence-electron chi connectivity index (χ4n) is 3.49. The maximum atomic E-state index is 13.9. The SMILES string of the molecule is Cc1ccc(S(=O)(=O)Nc2ccccc2F)cc1C(=O)N(C)CC1COc2ccccc2O1. The van der Waals surface area contributed by atoms with Crippen molar-refractivity contribution in [2.75, 3.05) is 24.9 Å². The molecule has 1 N–H and O–H groups in total. The van der Waals surface area contributed by atoms with E-state index in [0.29, 0.717) is 17.1 Å². The normalized spacial score (nSPS) is 15.1. The summed E-state index contributed by atoms with van der Waals surface area (Å²) in [6.07, 6.45) is -0.371. The van der Waals surface area contributed by atoms with Gasteiger partial charge in [-0.2, -0.15) is 0 Å². The Morgan fingerprint density at radius 1 is 1.09 bits per heavy atom. The van der Waals surface area contributed by atoms with Gasteiger partial charge in [-0.1, -0.05) is 30.3 Å². The molecule has 1 heterocycles. The number of para-hydroxylation sites is 3. The highest BCUT2D eigenvalue weighted by atomic mass is 32.2. The maximum absolute atomic E-state index is 13.9. The molecule has 3 aromatic rings. The number of fused-ring (bicyclic) bond motifs is 1. The average Bonchev–Trinajstić information content (AvgIpc) is 2.80. The van der Waals surface area contributed by atoms with Crippen LogP contribution in [0.5, 0.6) is 11.5 Å². The fourth-order valence-corrected chi connectivity index (χ4v) is 4.59. The summed E-state index contributed by atoms with van der Waals surface area (Å²) in [5, 5.41) is 0. The first kappa shape index (κ1) is 22.6. The number of rotatable bonds is 6. The van der Waals surface area contributed by atoms with Gasteiger partial charge in [0.25, 0.3) is 15.9 Å². The summed E-state index contributed by atoms with van der Waals surface area (Å²) in [6.45, 7) is 2.25. The van der Waals surface area contributed by atoms with Crippen LogP contribution in [0.15, 0.2) is 71.6 Å². The molecule has 3 aromatic carbocycles. The van der Waals surface area contributed by atoms with Crippen LogP contribution >= 0.6 is 0 Å². The second-order valence-corrected chi connectivity index (χ2v) is 9.43. The van der Waals surface area contributed by atoms with Crippen molar-refractivity contribution in [3.63, 3.8) is 0 Å². The van der Waals surface area contributed by atoms with Crippen molar-refractivity contribution >= 4 is 21.6 Å². The maximum Gasteiger partial charge on any atom is 0.262 e. The molecule has 0 spiro atoms. The molecule has 1 atom stereocenters. The third-order valence-corrected chi connectivity index (χ3v) is 6.62.